The molecule has 0 fully saturated rings. The summed E-state index contributed by atoms with van der Waals surface area (Å²) >= 11 is 0. The molecule has 6 heteroatoms. The van der Waals surface area contributed by atoms with Crippen LogP contribution in [0.25, 0.3) is 0 Å². The van der Waals surface area contributed by atoms with Crippen LogP contribution >= 0.6 is 0 Å². The van der Waals surface area contributed by atoms with E-state index in [0.29, 0.717) is 44.4 Å². The smallest absolute Gasteiger partial charge is 0.256 e. The molecule has 1 amide bonds. The molecule has 0 aliphatic heterocycles. The highest BCUT2D eigenvalue weighted by Gasteiger charge is 2.33. The maximum absolute atomic E-state index is 12.5. The van der Waals surface area contributed by atoms with Crippen LogP contribution in [0.2, 0.25) is 0 Å². The Balaban J connectivity index is 2.58. The summed E-state index contributed by atoms with van der Waals surface area (Å²) < 4.78 is 16.3. The Morgan fingerprint density at radius 3 is 2.58 bits per heavy atom. The number of pyridine rings is 1. The second-order valence-corrected chi connectivity index (χ2v) is 5.65. The minimum Gasteiger partial charge on any atom is -0.475 e. The Hall–Kier alpha value is -1.66. The van der Waals surface area contributed by atoms with E-state index in [0.717, 1.165) is 12.8 Å². The molecular formula is C18H30N2O4. The van der Waals surface area contributed by atoms with Crippen molar-refractivity contribution in [1.29, 1.82) is 0 Å². The van der Waals surface area contributed by atoms with E-state index < -0.39 is 5.60 Å². The largest absolute Gasteiger partial charge is 0.475 e. The highest BCUT2D eigenvalue weighted by atomic mass is 16.5. The van der Waals surface area contributed by atoms with Gasteiger partial charge in [-0.3, -0.25) is 4.79 Å². The molecule has 1 atom stereocenters. The minimum atomic E-state index is -0.822. The van der Waals surface area contributed by atoms with E-state index in [1.807, 2.05) is 20.8 Å². The first kappa shape index (κ1) is 20.4. The number of amides is 1. The van der Waals surface area contributed by atoms with Crippen molar-refractivity contribution in [2.45, 2.75) is 52.6 Å². The van der Waals surface area contributed by atoms with E-state index in [1.54, 1.807) is 18.3 Å². The first-order chi connectivity index (χ1) is 11.6. The molecule has 0 unspecified atom stereocenters. The number of hydrogen-bond donors (Lipinski definition) is 1. The summed E-state index contributed by atoms with van der Waals surface area (Å²) in [5.41, 5.74) is -0.197. The lowest BCUT2D eigenvalue weighted by molar-refractivity contribution is -0.139. The zero-order valence-electron chi connectivity index (χ0n) is 15.3. The van der Waals surface area contributed by atoms with Gasteiger partial charge in [0.1, 0.15) is 12.2 Å². The summed E-state index contributed by atoms with van der Waals surface area (Å²) in [6, 6.07) is 3.50. The number of carbonyl (C=O) groups excluding carboxylic acids is 1. The van der Waals surface area contributed by atoms with Gasteiger partial charge in [0.05, 0.1) is 18.5 Å². The van der Waals surface area contributed by atoms with Crippen LogP contribution in [-0.2, 0) is 14.3 Å². The van der Waals surface area contributed by atoms with Crippen LogP contribution in [0.3, 0.4) is 0 Å². The SMILES string of the molecule is CCCC[C@](C)(OCC)C(=O)Nc1ccc(OCCOCC)nc1. The Morgan fingerprint density at radius 1 is 1.21 bits per heavy atom. The van der Waals surface area contributed by atoms with Crippen molar-refractivity contribution < 1.29 is 19.0 Å². The molecule has 136 valence electrons. The zero-order chi connectivity index (χ0) is 17.8. The number of unbranched alkanes of at least 4 members (excludes halogenated alkanes) is 1. The number of nitrogens with one attached hydrogen (secondary N) is 1. The molecular weight excluding hydrogens is 308 g/mol. The van der Waals surface area contributed by atoms with E-state index >= 15 is 0 Å². The van der Waals surface area contributed by atoms with Crippen LogP contribution in [0.5, 0.6) is 5.88 Å². The van der Waals surface area contributed by atoms with E-state index in [2.05, 4.69) is 17.2 Å². The summed E-state index contributed by atoms with van der Waals surface area (Å²) in [6.45, 7) is 9.90. The number of aromatic nitrogens is 1. The van der Waals surface area contributed by atoms with Crippen LogP contribution in [-0.4, -0.2) is 42.9 Å². The van der Waals surface area contributed by atoms with Crippen molar-refractivity contribution in [3.8, 4) is 5.88 Å². The lowest BCUT2D eigenvalue weighted by Crippen LogP contribution is -2.42. The average Bonchev–Trinajstić information content (AvgIpc) is 2.58. The molecule has 1 aromatic heterocycles. The number of ether oxygens (including phenoxy) is 3. The van der Waals surface area contributed by atoms with Gasteiger partial charge in [-0.25, -0.2) is 4.98 Å². The summed E-state index contributed by atoms with van der Waals surface area (Å²) in [5, 5.41) is 2.87. The van der Waals surface area contributed by atoms with Crippen LogP contribution in [0.1, 0.15) is 47.0 Å². The average molecular weight is 338 g/mol. The van der Waals surface area contributed by atoms with Gasteiger partial charge in [0.2, 0.25) is 5.88 Å². The first-order valence-electron chi connectivity index (χ1n) is 8.67. The van der Waals surface area contributed by atoms with Gasteiger partial charge in [-0.2, -0.15) is 0 Å². The maximum Gasteiger partial charge on any atom is 0.256 e. The standard InChI is InChI=1S/C18H30N2O4/c1-5-8-11-18(4,24-7-3)17(21)20-15-9-10-16(19-14-15)23-13-12-22-6-2/h9-10,14H,5-8,11-13H2,1-4H3,(H,20,21)/t18-/m0/s1. The van der Waals surface area contributed by atoms with Crippen LogP contribution in [0.15, 0.2) is 18.3 Å². The topological polar surface area (TPSA) is 69.7 Å². The molecule has 6 nitrogen and oxygen atoms in total. The van der Waals surface area contributed by atoms with Crippen molar-refractivity contribution in [3.63, 3.8) is 0 Å². The Morgan fingerprint density at radius 2 is 2.00 bits per heavy atom. The highest BCUT2D eigenvalue weighted by Crippen LogP contribution is 2.22. The fraction of sp³-hybridized carbons (Fsp3) is 0.667. The third-order valence-electron chi connectivity index (χ3n) is 3.63. The molecule has 0 aliphatic carbocycles. The molecule has 0 saturated carbocycles. The molecule has 0 aliphatic rings. The normalized spacial score (nSPS) is 13.3. The molecule has 0 radical (unpaired) electrons. The van der Waals surface area contributed by atoms with Gasteiger partial charge >= 0.3 is 0 Å². The molecule has 0 spiro atoms. The number of carbonyl (C=O) groups is 1. The van der Waals surface area contributed by atoms with E-state index in [4.69, 9.17) is 14.2 Å². The summed E-state index contributed by atoms with van der Waals surface area (Å²) in [6.07, 6.45) is 4.23. The van der Waals surface area contributed by atoms with Gasteiger partial charge in [0.25, 0.3) is 5.91 Å². The lowest BCUT2D eigenvalue weighted by atomic mass is 9.97. The highest BCUT2D eigenvalue weighted by molar-refractivity contribution is 5.96. The van der Waals surface area contributed by atoms with Crippen molar-refractivity contribution in [2.24, 2.45) is 0 Å². The number of anilines is 1. The molecule has 0 aromatic carbocycles. The van der Waals surface area contributed by atoms with Crippen LogP contribution in [0, 0.1) is 0 Å². The molecule has 0 saturated heterocycles. The first-order valence-corrected chi connectivity index (χ1v) is 8.67. The lowest BCUT2D eigenvalue weighted by Gasteiger charge is -2.28. The Kier molecular flexibility index (Phi) is 9.34. The molecule has 1 aromatic rings. The predicted molar refractivity (Wildman–Crippen MR) is 94.4 cm³/mol. The van der Waals surface area contributed by atoms with Gasteiger partial charge in [-0.05, 0) is 33.3 Å². The van der Waals surface area contributed by atoms with Crippen molar-refractivity contribution >= 4 is 11.6 Å². The number of nitrogens with zero attached hydrogens (tertiary/aromatic N) is 1. The fourth-order valence-electron chi connectivity index (χ4n) is 2.24. The van der Waals surface area contributed by atoms with E-state index in [1.165, 1.54) is 0 Å². The fourth-order valence-corrected chi connectivity index (χ4v) is 2.24. The minimum absolute atomic E-state index is 0.149. The number of hydrogen-bond acceptors (Lipinski definition) is 5. The predicted octanol–water partition coefficient (Wildman–Crippen LogP) is 3.42. The van der Waals surface area contributed by atoms with Crippen LogP contribution in [0.4, 0.5) is 5.69 Å². The molecule has 1 N–H and O–H groups in total. The third kappa shape index (κ3) is 6.84. The maximum atomic E-state index is 12.5. The van der Waals surface area contributed by atoms with Crippen molar-refractivity contribution in [3.05, 3.63) is 18.3 Å². The molecule has 0 bridgehead atoms. The molecule has 1 rings (SSSR count). The van der Waals surface area contributed by atoms with Gasteiger partial charge in [-0.15, -0.1) is 0 Å². The second-order valence-electron chi connectivity index (χ2n) is 5.65. The Bertz CT molecular complexity index is 478. The van der Waals surface area contributed by atoms with Crippen molar-refractivity contribution in [2.75, 3.05) is 31.7 Å². The zero-order valence-corrected chi connectivity index (χ0v) is 15.3. The summed E-state index contributed by atoms with van der Waals surface area (Å²) in [5.74, 6) is 0.357. The number of rotatable bonds is 12. The molecule has 24 heavy (non-hydrogen) atoms. The Labute approximate surface area is 144 Å². The van der Waals surface area contributed by atoms with Gasteiger partial charge in [0, 0.05) is 19.3 Å². The van der Waals surface area contributed by atoms with Gasteiger partial charge in [0.15, 0.2) is 0 Å². The van der Waals surface area contributed by atoms with E-state index in [9.17, 15) is 4.79 Å². The van der Waals surface area contributed by atoms with E-state index in [-0.39, 0.29) is 5.91 Å². The molecule has 1 heterocycles. The quantitative estimate of drug-likeness (QED) is 0.591. The summed E-state index contributed by atoms with van der Waals surface area (Å²) in [4.78, 5) is 16.7. The van der Waals surface area contributed by atoms with Gasteiger partial charge < -0.3 is 19.5 Å². The van der Waals surface area contributed by atoms with Crippen LogP contribution < -0.4 is 10.1 Å². The van der Waals surface area contributed by atoms with Crippen molar-refractivity contribution in [1.82, 2.24) is 4.98 Å². The summed E-state index contributed by atoms with van der Waals surface area (Å²) in [7, 11) is 0. The second kappa shape index (κ2) is 11.0. The van der Waals surface area contributed by atoms with Gasteiger partial charge in [-0.1, -0.05) is 19.8 Å². The third-order valence-corrected chi connectivity index (χ3v) is 3.63. The monoisotopic (exact) mass is 338 g/mol.